The van der Waals surface area contributed by atoms with E-state index in [2.05, 4.69) is 107 Å². The third-order valence-electron chi connectivity index (χ3n) is 47.3. The molecule has 0 spiro atoms. The number of likely N-dealkylation sites (tertiary alicyclic amines) is 2. The fraction of sp³-hybridized carbons (Fsp3) is 0.899. The number of fused-ring (bicyclic) bond motifs is 25. The van der Waals surface area contributed by atoms with Crippen molar-refractivity contribution in [2.24, 2.45) is 205 Å². The lowest BCUT2D eigenvalue weighted by Crippen LogP contribution is -2.53. The van der Waals surface area contributed by atoms with Crippen LogP contribution in [0.15, 0.2) is 48.6 Å². The molecule has 0 aromatic heterocycles. The summed E-state index contributed by atoms with van der Waals surface area (Å²) >= 11 is 3.62. The molecule has 6 N–H and O–H groups in total. The summed E-state index contributed by atoms with van der Waals surface area (Å²) < 4.78 is 0. The van der Waals surface area contributed by atoms with Crippen LogP contribution in [-0.4, -0.2) is 143 Å². The number of hydrogen-bond donors (Lipinski definition) is 6. The zero-order valence-corrected chi connectivity index (χ0v) is 86.9. The Morgan fingerprint density at radius 1 is 0.311 bits per heavy atom. The van der Waals surface area contributed by atoms with Crippen LogP contribution in [0, 0.1) is 205 Å². The normalized spacial score (nSPS) is 51.8. The number of nitrogens with zero attached hydrogens (tertiary/aromatic N) is 2. The molecule has 0 aromatic rings. The molecule has 40 atom stereocenters. The second kappa shape index (κ2) is 38.5. The molecule has 2 saturated heterocycles. The van der Waals surface area contributed by atoms with Crippen molar-refractivity contribution >= 4 is 39.1 Å². The van der Waals surface area contributed by atoms with Crippen molar-refractivity contribution in [3.63, 3.8) is 0 Å². The highest BCUT2D eigenvalue weighted by molar-refractivity contribution is 9.09. The van der Waals surface area contributed by atoms with Gasteiger partial charge in [0.1, 0.15) is 23.1 Å². The quantitative estimate of drug-likeness (QED) is 0.0847. The predicted octanol–water partition coefficient (Wildman–Crippen LogP) is 24.7. The van der Waals surface area contributed by atoms with Gasteiger partial charge in [-0.3, -0.25) is 29.0 Å². The van der Waals surface area contributed by atoms with Gasteiger partial charge >= 0.3 is 0 Å². The first-order valence-corrected chi connectivity index (χ1v) is 57.7. The Kier molecular flexibility index (Phi) is 29.1. The monoisotopic (exact) mass is 1890 g/mol. The van der Waals surface area contributed by atoms with E-state index >= 15 is 0 Å². The van der Waals surface area contributed by atoms with E-state index < -0.39 is 22.4 Å². The molecule has 0 amide bonds. The Bertz CT molecular complexity index is 3970. The van der Waals surface area contributed by atoms with E-state index in [1.165, 1.54) is 223 Å². The van der Waals surface area contributed by atoms with Crippen molar-refractivity contribution in [3.8, 4) is 0 Å². The highest BCUT2D eigenvalue weighted by Crippen LogP contribution is 2.72. The minimum Gasteiger partial charge on any atom is -0.392 e. The molecule has 20 saturated carbocycles. The van der Waals surface area contributed by atoms with Crippen LogP contribution in [0.2, 0.25) is 0 Å². The van der Waals surface area contributed by atoms with Crippen molar-refractivity contribution < 1.29 is 49.8 Å². The molecule has 742 valence electrons. The smallest absolute Gasteiger partial charge is 0.150 e. The minimum atomic E-state index is -0.649. The number of rotatable bonds is 11. The molecule has 12 nitrogen and oxygen atoms in total. The number of halogens is 1. The third-order valence-corrected chi connectivity index (χ3v) is 48.0. The Hall–Kier alpha value is -2.20. The summed E-state index contributed by atoms with van der Waals surface area (Å²) in [5, 5.41) is 63.1. The summed E-state index contributed by atoms with van der Waals surface area (Å²) in [5.41, 5.74) is 4.29. The van der Waals surface area contributed by atoms with Gasteiger partial charge in [-0.2, -0.15) is 0 Å². The highest BCUT2D eigenvalue weighted by Gasteiger charge is 2.66. The first-order valence-electron chi connectivity index (χ1n) is 56.5. The van der Waals surface area contributed by atoms with Gasteiger partial charge in [-0.15, -0.1) is 0 Å². The number of Topliss-reactive ketones (excluding diaryl/α,β-unsaturated/α-hetero) is 4. The molecule has 0 aromatic carbocycles. The summed E-state index contributed by atoms with van der Waals surface area (Å²) in [6, 6.07) is 0. The first kappa shape index (κ1) is 99.9. The maximum atomic E-state index is 13.4. The summed E-state index contributed by atoms with van der Waals surface area (Å²) in [6.07, 6.45) is 56.1. The maximum Gasteiger partial charge on any atom is 0.150 e. The molecular formula is C119H189BrN2O10. The van der Waals surface area contributed by atoms with Gasteiger partial charge in [0.2, 0.25) is 0 Å². The van der Waals surface area contributed by atoms with Gasteiger partial charge in [0, 0.05) is 54.8 Å². The maximum absolute atomic E-state index is 13.4. The number of piperidine rings is 2. The van der Waals surface area contributed by atoms with Crippen LogP contribution >= 0.6 is 15.9 Å². The van der Waals surface area contributed by atoms with Crippen LogP contribution in [0.1, 0.15) is 384 Å². The number of aliphatic hydroxyl groups is 6. The van der Waals surface area contributed by atoms with Gasteiger partial charge in [-0.25, -0.2) is 0 Å². The van der Waals surface area contributed by atoms with Crippen LogP contribution in [0.3, 0.4) is 0 Å². The minimum absolute atomic E-state index is 0.0963. The molecule has 13 heteroatoms. The van der Waals surface area contributed by atoms with Gasteiger partial charge < -0.3 is 30.6 Å². The van der Waals surface area contributed by atoms with E-state index in [-0.39, 0.29) is 40.8 Å². The molecule has 0 radical (unpaired) electrons. The van der Waals surface area contributed by atoms with E-state index in [9.17, 15) is 49.8 Å². The number of hydrogen-bond acceptors (Lipinski definition) is 12. The van der Waals surface area contributed by atoms with E-state index in [0.717, 1.165) is 198 Å². The molecular weight excluding hydrogens is 1700 g/mol. The average molecular weight is 1890 g/mol. The molecule has 132 heavy (non-hydrogen) atoms. The fourth-order valence-corrected chi connectivity index (χ4v) is 41.5. The van der Waals surface area contributed by atoms with E-state index in [1.54, 1.807) is 5.57 Å². The van der Waals surface area contributed by atoms with Gasteiger partial charge in [0.25, 0.3) is 0 Å². The Morgan fingerprint density at radius 2 is 0.591 bits per heavy atom. The van der Waals surface area contributed by atoms with Crippen molar-refractivity contribution in [1.29, 1.82) is 0 Å². The van der Waals surface area contributed by atoms with Crippen molar-refractivity contribution in [1.82, 2.24) is 9.80 Å². The lowest BCUT2D eigenvalue weighted by atomic mass is 9.48. The molecule has 22 aliphatic rings. The largest absolute Gasteiger partial charge is 0.392 e. The van der Waals surface area contributed by atoms with Crippen molar-refractivity contribution in [2.45, 2.75) is 412 Å². The Labute approximate surface area is 810 Å². The number of carbonyl (C=O) groups excluding carboxylic acids is 4. The molecule has 22 rings (SSSR count). The second-order valence-electron chi connectivity index (χ2n) is 54.8. The van der Waals surface area contributed by atoms with Crippen molar-refractivity contribution in [2.75, 3.05) is 51.2 Å². The molecule has 0 bridgehead atoms. The second-order valence-corrected chi connectivity index (χ2v) is 55.4. The predicted molar refractivity (Wildman–Crippen MR) is 536 cm³/mol. The van der Waals surface area contributed by atoms with Crippen LogP contribution < -0.4 is 0 Å². The molecule has 0 unspecified atom stereocenters. The fourth-order valence-electron chi connectivity index (χ4n) is 41.1. The average Bonchev–Trinajstić information content (AvgIpc) is 1.45. The molecule has 22 fully saturated rings. The third kappa shape index (κ3) is 18.9. The number of allylic oxidation sites excluding steroid dienone is 2. The molecule has 2 heterocycles. The van der Waals surface area contributed by atoms with E-state index in [0.29, 0.717) is 147 Å². The van der Waals surface area contributed by atoms with Gasteiger partial charge in [-0.05, 0) is 530 Å². The number of carbonyl (C=O) groups is 4. The summed E-state index contributed by atoms with van der Waals surface area (Å²) in [5.74, 6) is 21.1. The van der Waals surface area contributed by atoms with Gasteiger partial charge in [0.15, 0.2) is 0 Å². The van der Waals surface area contributed by atoms with E-state index in [4.69, 9.17) is 0 Å². The van der Waals surface area contributed by atoms with Crippen LogP contribution in [0.25, 0.3) is 0 Å². The summed E-state index contributed by atoms with van der Waals surface area (Å²) in [4.78, 5) is 57.4. The first-order chi connectivity index (χ1) is 62.5. The lowest BCUT2D eigenvalue weighted by molar-refractivity contribution is -0.149. The van der Waals surface area contributed by atoms with Crippen LogP contribution in [-0.2, 0) is 19.2 Å². The van der Waals surface area contributed by atoms with Crippen LogP contribution in [0.5, 0.6) is 0 Å². The number of ketones is 4. The topological polar surface area (TPSA) is 196 Å². The number of alkyl halides is 1. The Morgan fingerprint density at radius 3 is 0.939 bits per heavy atom. The zero-order chi connectivity index (χ0) is 93.7. The lowest BCUT2D eigenvalue weighted by Gasteiger charge is -2.57. The zero-order valence-electron chi connectivity index (χ0n) is 85.3. The summed E-state index contributed by atoms with van der Waals surface area (Å²) in [7, 11) is 0. The Balaban J connectivity index is 0.000000111. The SMILES string of the molecule is C=C(C)[C@H]1CC[C@H]2[C@@H]3CC(=O)[C@@H]4C[C@](C)(O)CC[C@@H]4[C@H]3CC[C@]12C.C=C(CBr)[C@H]1CC[C@H]2[C@@H]3CC(=O)[C@@H]4C[C@](C)(O)CC[C@@H]4[C@H]3CC[C@]12C.C=C(CN1CCCCC1)[C@H]1CC[C@H]2[C@@H]3CC[C@@H]4C[C@](C)(O)CC[C@@H]4[C@H]3CC[C@]12C.C=C(CO)[C@H]1CC[C@H]2[C@@H]3CC(=O)[C@@H]4C[C@](C)(O)CC[C@@H]4[C@H]3CC[C@]12C.C[C@@]1(O)CC[C@H]2[C@H](CC[C@@H]3[C@@H]2CC[C@]2(C)[C@@H](C(=O)CN4CCCCC4)CC[C@@H]32)C1. The highest BCUT2D eigenvalue weighted by atomic mass is 79.9. The molecule has 20 aliphatic carbocycles. The van der Waals surface area contributed by atoms with Crippen molar-refractivity contribution in [3.05, 3.63) is 48.6 Å². The van der Waals surface area contributed by atoms with Crippen LogP contribution in [0.4, 0.5) is 0 Å². The number of aliphatic hydroxyl groups excluding tert-OH is 1. The van der Waals surface area contributed by atoms with Gasteiger partial charge in [-0.1, -0.05) is 106 Å². The standard InChI is InChI=1S/C27H45NO.C26H43NO2.C22H33BrO2.C22H34O3.C22H34O2/c1-19(18-28-15-5-4-6-16-28)24-9-10-25-23-8-7-20-17-26(2,29)13-11-21(20)22(23)12-14-27(24,25)3;1-25(29)12-10-19-18(16-25)6-7-21-20(19)11-13-26(2)22(21)8-9-23(26)24(28)17-27-14-4-3-5-15-27;2*1-13(12-23)18-4-5-19-16-10-20(24)17-11-21(2,25)8-6-15(17)14(16)7-9-22(18,19)3;1-13(2)18-5-6-19-16-11-20(23)17-12-21(3,24)9-7-15(17)14(16)8-10-22(18,19)4/h20-25,29H,1,4-18H2,2-3H3;18-23,29H,3-17H2,1-2H3;14-19,25H,1,4-12H2,2-3H3;14-19,23,25H,1,4-12H2,2-3H3;14-19,24H,1,5-12H2,2-4H3/t20-,21+,22-,23-,24-,25+,26-,27-;18-,19+,20-,21-,22+,23-,25-,26+;3*14-,15-,16-,17-,18-,19+,21-,22-/m11111/s1. The van der Waals surface area contributed by atoms with E-state index in [1.807, 2.05) is 20.8 Å². The summed E-state index contributed by atoms with van der Waals surface area (Å²) in [6.45, 7) is 48.9. The van der Waals surface area contributed by atoms with Gasteiger partial charge in [0.05, 0.1) is 41.2 Å². The molecule has 2 aliphatic heterocycles.